The number of aromatic carboxylic acids is 1. The molecule has 0 saturated carbocycles. The van der Waals surface area contributed by atoms with Crippen molar-refractivity contribution >= 4 is 54.2 Å². The third kappa shape index (κ3) is 8.36. The molecule has 0 spiro atoms. The molecule has 0 unspecified atom stereocenters. The molecule has 240 valence electrons. The van der Waals surface area contributed by atoms with E-state index in [2.05, 4.69) is 32.0 Å². The first-order valence-corrected chi connectivity index (χ1v) is 14.8. The molecule has 0 atom stereocenters. The van der Waals surface area contributed by atoms with Crippen molar-refractivity contribution in [1.29, 1.82) is 0 Å². The van der Waals surface area contributed by atoms with Crippen LogP contribution in [0.5, 0.6) is 5.75 Å². The van der Waals surface area contributed by atoms with Crippen LogP contribution in [0.1, 0.15) is 27.0 Å². The summed E-state index contributed by atoms with van der Waals surface area (Å²) in [5, 5.41) is 13.8. The number of nitrogen functional groups attached to an aromatic ring is 1. The van der Waals surface area contributed by atoms with E-state index in [1.807, 2.05) is 30.3 Å². The van der Waals surface area contributed by atoms with Gasteiger partial charge in [-0.15, -0.1) is 24.8 Å². The lowest BCUT2D eigenvalue weighted by Gasteiger charge is -2.37. The fourth-order valence-corrected chi connectivity index (χ4v) is 5.67. The molecule has 3 heterocycles. The van der Waals surface area contributed by atoms with Crippen molar-refractivity contribution in [3.63, 3.8) is 0 Å². The Hall–Kier alpha value is -3.61. The van der Waals surface area contributed by atoms with Gasteiger partial charge in [0, 0.05) is 55.1 Å². The topological polar surface area (TPSA) is 132 Å². The summed E-state index contributed by atoms with van der Waals surface area (Å²) >= 11 is 5.99. The predicted molar refractivity (Wildman–Crippen MR) is 178 cm³/mol. The number of anilines is 2. The number of hydrogen-bond acceptors (Lipinski definition) is 9. The number of nitrogens with two attached hydrogens (primary N) is 1. The highest BCUT2D eigenvalue weighted by Gasteiger charge is 2.27. The van der Waals surface area contributed by atoms with Gasteiger partial charge in [0.15, 0.2) is 0 Å². The van der Waals surface area contributed by atoms with Crippen molar-refractivity contribution in [3.05, 3.63) is 82.1 Å². The van der Waals surface area contributed by atoms with Gasteiger partial charge in [-0.1, -0.05) is 23.7 Å². The minimum absolute atomic E-state index is 0. The van der Waals surface area contributed by atoms with E-state index in [4.69, 9.17) is 36.9 Å². The van der Waals surface area contributed by atoms with Crippen LogP contribution in [-0.2, 0) is 30.7 Å². The average molecular weight is 677 g/mol. The van der Waals surface area contributed by atoms with Gasteiger partial charge in [-0.2, -0.15) is 10.1 Å². The number of carboxylic acid groups (broad SMARTS) is 1. The first kappa shape index (κ1) is 34.3. The molecule has 0 radical (unpaired) electrons. The molecule has 2 aliphatic rings. The Labute approximate surface area is 279 Å². The summed E-state index contributed by atoms with van der Waals surface area (Å²) in [6, 6.07) is 13.9. The normalized spacial score (nSPS) is 14.1. The molecule has 1 saturated heterocycles. The van der Waals surface area contributed by atoms with Gasteiger partial charge in [0.2, 0.25) is 5.95 Å². The van der Waals surface area contributed by atoms with E-state index in [1.165, 1.54) is 18.0 Å². The number of hydrogen-bond donors (Lipinski definition) is 2. The summed E-state index contributed by atoms with van der Waals surface area (Å²) < 4.78 is 13.4. The molecule has 14 heteroatoms. The Kier molecular flexibility index (Phi) is 11.9. The largest absolute Gasteiger partial charge is 0.489 e. The van der Waals surface area contributed by atoms with E-state index in [1.54, 1.807) is 4.68 Å². The van der Waals surface area contributed by atoms with Gasteiger partial charge < -0.3 is 25.2 Å². The summed E-state index contributed by atoms with van der Waals surface area (Å²) in [6.45, 7) is 6.38. The minimum atomic E-state index is -0.980. The Morgan fingerprint density at radius 3 is 2.47 bits per heavy atom. The van der Waals surface area contributed by atoms with Gasteiger partial charge in [0.25, 0.3) is 0 Å². The van der Waals surface area contributed by atoms with Crippen molar-refractivity contribution in [3.8, 4) is 17.0 Å². The number of fused-ring (bicyclic) bond motifs is 3. The number of aryl methyl sites for hydroxylation is 1. The summed E-state index contributed by atoms with van der Waals surface area (Å²) in [5.41, 5.74) is 11.8. The molecule has 2 aromatic heterocycles. The number of aromatic nitrogens is 4. The zero-order chi connectivity index (χ0) is 29.8. The van der Waals surface area contributed by atoms with Crippen molar-refractivity contribution in [1.82, 2.24) is 24.6 Å². The summed E-state index contributed by atoms with van der Waals surface area (Å²) in [7, 11) is 0. The molecule has 1 aliphatic carbocycles. The summed E-state index contributed by atoms with van der Waals surface area (Å²) in [6.07, 6.45) is 4.59. The molecule has 45 heavy (non-hydrogen) atoms. The van der Waals surface area contributed by atoms with Gasteiger partial charge in [-0.05, 0) is 54.3 Å². The quantitative estimate of drug-likeness (QED) is 0.217. The molecule has 11 nitrogen and oxygen atoms in total. The zero-order valence-electron chi connectivity index (χ0n) is 24.6. The third-order valence-electron chi connectivity index (χ3n) is 7.87. The Morgan fingerprint density at radius 2 is 1.73 bits per heavy atom. The molecule has 6 rings (SSSR count). The predicted octanol–water partition coefficient (Wildman–Crippen LogP) is 4.63. The first-order valence-electron chi connectivity index (χ1n) is 14.4. The van der Waals surface area contributed by atoms with Crippen LogP contribution in [0.3, 0.4) is 0 Å². The van der Waals surface area contributed by atoms with Crippen LogP contribution in [0.4, 0.5) is 11.8 Å². The number of benzene rings is 2. The molecule has 1 aliphatic heterocycles. The molecule has 2 aromatic carbocycles. The second-order valence-electron chi connectivity index (χ2n) is 10.7. The van der Waals surface area contributed by atoms with Crippen molar-refractivity contribution < 1.29 is 19.4 Å². The number of nitrogens with zero attached hydrogens (tertiary/aromatic N) is 6. The molecule has 1 fully saturated rings. The van der Waals surface area contributed by atoms with Gasteiger partial charge in [-0.3, -0.25) is 9.58 Å². The van der Waals surface area contributed by atoms with E-state index in [0.717, 1.165) is 79.5 Å². The fraction of sp³-hybridized carbons (Fsp3) is 0.355. The second kappa shape index (κ2) is 15.6. The maximum absolute atomic E-state index is 11.0. The number of carboxylic acids is 1. The third-order valence-corrected chi connectivity index (χ3v) is 8.12. The highest BCUT2D eigenvalue weighted by Crippen LogP contribution is 2.38. The Morgan fingerprint density at radius 1 is 0.978 bits per heavy atom. The van der Waals surface area contributed by atoms with Gasteiger partial charge in [-0.25, -0.2) is 9.78 Å². The van der Waals surface area contributed by atoms with Crippen molar-refractivity contribution in [2.24, 2.45) is 0 Å². The molecule has 0 bridgehead atoms. The fourth-order valence-electron chi connectivity index (χ4n) is 5.54. The lowest BCUT2D eigenvalue weighted by Crippen LogP contribution is -2.48. The molecule has 4 aromatic rings. The lowest BCUT2D eigenvalue weighted by molar-refractivity contribution is 0.0696. The zero-order valence-corrected chi connectivity index (χ0v) is 27.0. The molecular weight excluding hydrogens is 641 g/mol. The maximum atomic E-state index is 11.0. The number of ether oxygens (including phenoxy) is 2. The van der Waals surface area contributed by atoms with Crippen molar-refractivity contribution in [2.75, 3.05) is 56.6 Å². The van der Waals surface area contributed by atoms with E-state index in [9.17, 15) is 4.79 Å². The highest BCUT2D eigenvalue weighted by atomic mass is 35.5. The minimum Gasteiger partial charge on any atom is -0.489 e. The number of halogens is 3. The molecular formula is C31H36Cl3N7O4. The molecule has 0 amide bonds. The first-order chi connectivity index (χ1) is 20.9. The standard InChI is InChI=1S/C31H34ClN7O4.2ClH/c32-24-4-1-21(2-5-24)20-43-25-6-8-26-22(17-25)3-7-27-28(26)35-31(33)36-29(27)38-11-9-37(10-12-38)13-15-42-16-14-39-19-23(18-34-39)30(40)41;;/h1-2,4-6,8,17-19H,3,7,9-16,20H2,(H,40,41)(H2,33,35,36);2*1H. The van der Waals surface area contributed by atoms with E-state index in [-0.39, 0.29) is 36.3 Å². The second-order valence-corrected chi connectivity index (χ2v) is 11.1. The van der Waals surface area contributed by atoms with Gasteiger partial charge >= 0.3 is 5.97 Å². The monoisotopic (exact) mass is 675 g/mol. The Bertz CT molecular complexity index is 1590. The lowest BCUT2D eigenvalue weighted by atomic mass is 9.88. The van der Waals surface area contributed by atoms with E-state index < -0.39 is 5.97 Å². The van der Waals surface area contributed by atoms with Crippen LogP contribution in [0.25, 0.3) is 11.3 Å². The van der Waals surface area contributed by atoms with E-state index >= 15 is 0 Å². The Balaban J connectivity index is 0.00000230. The highest BCUT2D eigenvalue weighted by molar-refractivity contribution is 6.30. The SMILES string of the molecule is Cl.Cl.Nc1nc2c(c(N3CCN(CCOCCn4cc(C(=O)O)cn4)CC3)n1)CCc1cc(OCc3ccc(Cl)cc3)ccc1-2. The van der Waals surface area contributed by atoms with Gasteiger partial charge in [0.05, 0.1) is 37.2 Å². The van der Waals surface area contributed by atoms with Crippen LogP contribution >= 0.6 is 36.4 Å². The number of piperazine rings is 1. The van der Waals surface area contributed by atoms with Crippen LogP contribution in [0, 0.1) is 0 Å². The number of rotatable bonds is 11. The summed E-state index contributed by atoms with van der Waals surface area (Å²) in [4.78, 5) is 25.0. The van der Waals surface area contributed by atoms with Crippen LogP contribution in [0.15, 0.2) is 54.9 Å². The van der Waals surface area contributed by atoms with Crippen LogP contribution < -0.4 is 15.4 Å². The van der Waals surface area contributed by atoms with E-state index in [0.29, 0.717) is 31.4 Å². The average Bonchev–Trinajstić information content (AvgIpc) is 3.50. The van der Waals surface area contributed by atoms with Gasteiger partial charge in [0.1, 0.15) is 18.2 Å². The van der Waals surface area contributed by atoms with Crippen LogP contribution in [0.2, 0.25) is 5.02 Å². The summed E-state index contributed by atoms with van der Waals surface area (Å²) in [5.74, 6) is 1.07. The smallest absolute Gasteiger partial charge is 0.338 e. The van der Waals surface area contributed by atoms with Crippen molar-refractivity contribution in [2.45, 2.75) is 26.0 Å². The maximum Gasteiger partial charge on any atom is 0.338 e. The molecule has 3 N–H and O–H groups in total. The number of carbonyl (C=O) groups is 1. The van der Waals surface area contributed by atoms with Crippen LogP contribution in [-0.4, -0.2) is 81.7 Å².